The van der Waals surface area contributed by atoms with Crippen molar-refractivity contribution >= 4 is 29.7 Å². The Labute approximate surface area is 191 Å². The normalized spacial score (nSPS) is 13.8. The molecule has 3 aromatic rings. The molecule has 32 heavy (non-hydrogen) atoms. The number of hydrogen-bond donors (Lipinski definition) is 2. The van der Waals surface area contributed by atoms with Crippen LogP contribution in [0.2, 0.25) is 0 Å². The van der Waals surface area contributed by atoms with E-state index >= 15 is 0 Å². The molecular weight excluding hydrogens is 424 g/mol. The molecule has 0 radical (unpaired) electrons. The molecule has 1 saturated heterocycles. The summed E-state index contributed by atoms with van der Waals surface area (Å²) in [7, 11) is 0. The quantitative estimate of drug-likeness (QED) is 0.563. The number of carbonyl (C=O) groups is 2. The smallest absolute Gasteiger partial charge is 0.242 e. The maximum absolute atomic E-state index is 12.6. The van der Waals surface area contributed by atoms with E-state index in [1.54, 1.807) is 9.47 Å². The van der Waals surface area contributed by atoms with Crippen molar-refractivity contribution in [2.45, 2.75) is 13.5 Å². The van der Waals surface area contributed by atoms with Crippen LogP contribution in [0.25, 0.3) is 11.4 Å². The molecule has 1 aliphatic rings. The monoisotopic (exact) mass is 450 g/mol. The second kappa shape index (κ2) is 9.78. The van der Waals surface area contributed by atoms with E-state index in [0.717, 1.165) is 29.9 Å². The van der Waals surface area contributed by atoms with Crippen LogP contribution in [0.3, 0.4) is 0 Å². The van der Waals surface area contributed by atoms with E-state index in [1.807, 2.05) is 49.4 Å². The number of aryl methyl sites for hydroxylation is 1. The van der Waals surface area contributed by atoms with Crippen LogP contribution in [-0.4, -0.2) is 64.2 Å². The number of nitrogens with zero attached hydrogens (tertiary/aromatic N) is 4. The summed E-state index contributed by atoms with van der Waals surface area (Å²) >= 11 is 5.29. The van der Waals surface area contributed by atoms with Gasteiger partial charge in [0, 0.05) is 37.4 Å². The highest BCUT2D eigenvalue weighted by Gasteiger charge is 2.21. The lowest BCUT2D eigenvalue weighted by Crippen LogP contribution is -2.51. The number of rotatable bonds is 6. The summed E-state index contributed by atoms with van der Waals surface area (Å²) < 4.78 is 2.00. The predicted octanol–water partition coefficient (Wildman–Crippen LogP) is 2.38. The molecule has 0 unspecified atom stereocenters. The number of nitrogens with one attached hydrogen (secondary N) is 2. The zero-order valence-electron chi connectivity index (χ0n) is 18.0. The number of benzene rings is 2. The second-order valence-electron chi connectivity index (χ2n) is 7.78. The largest absolute Gasteiger partial charge is 0.368 e. The predicted molar refractivity (Wildman–Crippen MR) is 126 cm³/mol. The van der Waals surface area contributed by atoms with E-state index in [9.17, 15) is 9.59 Å². The van der Waals surface area contributed by atoms with Crippen molar-refractivity contribution in [1.29, 1.82) is 0 Å². The molecule has 166 valence electrons. The molecule has 2 N–H and O–H groups in total. The molecule has 8 nitrogen and oxygen atoms in total. The lowest BCUT2D eigenvalue weighted by atomic mass is 10.1. The first-order valence-electron chi connectivity index (χ1n) is 10.6. The molecule has 1 aliphatic heterocycles. The summed E-state index contributed by atoms with van der Waals surface area (Å²) in [6, 6.07) is 18.0. The van der Waals surface area contributed by atoms with Crippen molar-refractivity contribution < 1.29 is 9.59 Å². The number of aromatic amines is 1. The van der Waals surface area contributed by atoms with Gasteiger partial charge in [-0.25, -0.2) is 0 Å². The summed E-state index contributed by atoms with van der Waals surface area (Å²) in [5, 5.41) is 9.72. The molecule has 1 fully saturated rings. The number of anilines is 1. The van der Waals surface area contributed by atoms with Gasteiger partial charge >= 0.3 is 0 Å². The molecule has 0 spiro atoms. The van der Waals surface area contributed by atoms with Gasteiger partial charge in [-0.05, 0) is 31.3 Å². The number of H-pyrrole nitrogens is 1. The van der Waals surface area contributed by atoms with Crippen molar-refractivity contribution in [2.75, 3.05) is 37.6 Å². The van der Waals surface area contributed by atoms with Gasteiger partial charge in [-0.1, -0.05) is 48.0 Å². The maximum Gasteiger partial charge on any atom is 0.242 e. The van der Waals surface area contributed by atoms with E-state index in [1.165, 1.54) is 0 Å². The van der Waals surface area contributed by atoms with E-state index in [-0.39, 0.29) is 24.9 Å². The van der Waals surface area contributed by atoms with Crippen LogP contribution in [0, 0.1) is 11.7 Å². The molecular formula is C23H26N6O2S. The summed E-state index contributed by atoms with van der Waals surface area (Å²) in [5.41, 5.74) is 3.16. The van der Waals surface area contributed by atoms with E-state index < -0.39 is 0 Å². The third kappa shape index (κ3) is 5.05. The number of amides is 2. The average Bonchev–Trinajstić information content (AvgIpc) is 3.18. The van der Waals surface area contributed by atoms with Crippen molar-refractivity contribution in [3.8, 4) is 11.4 Å². The fraction of sp³-hybridized carbons (Fsp3) is 0.304. The van der Waals surface area contributed by atoms with Gasteiger partial charge in [0.05, 0.1) is 6.54 Å². The van der Waals surface area contributed by atoms with Gasteiger partial charge in [0.25, 0.3) is 0 Å². The topological polar surface area (TPSA) is 86.3 Å². The fourth-order valence-corrected chi connectivity index (χ4v) is 3.92. The third-order valence-corrected chi connectivity index (χ3v) is 5.87. The molecule has 0 bridgehead atoms. The second-order valence-corrected chi connectivity index (χ2v) is 8.17. The summed E-state index contributed by atoms with van der Waals surface area (Å²) in [6.45, 7) is 4.78. The number of hydrogen-bond acceptors (Lipinski definition) is 5. The standard InChI is InChI=1S/C23H26N6O2S/c1-17-7-9-18(10-8-17)22-25-26-23(32)29(22)16-20(30)24-15-21(31)28-13-11-27(12-14-28)19-5-3-2-4-6-19/h2-10H,11-16H2,1H3,(H,24,30)(H,26,32). The van der Waals surface area contributed by atoms with Crippen molar-refractivity contribution in [3.63, 3.8) is 0 Å². The van der Waals surface area contributed by atoms with Crippen LogP contribution in [0.4, 0.5) is 5.69 Å². The van der Waals surface area contributed by atoms with E-state index in [4.69, 9.17) is 12.2 Å². The van der Waals surface area contributed by atoms with Gasteiger partial charge in [-0.3, -0.25) is 19.3 Å². The van der Waals surface area contributed by atoms with Crippen LogP contribution < -0.4 is 10.2 Å². The van der Waals surface area contributed by atoms with Crippen molar-refractivity contribution in [3.05, 3.63) is 64.9 Å². The Morgan fingerprint density at radius 1 is 1.03 bits per heavy atom. The lowest BCUT2D eigenvalue weighted by Gasteiger charge is -2.36. The highest BCUT2D eigenvalue weighted by Crippen LogP contribution is 2.18. The molecule has 1 aromatic heterocycles. The van der Waals surface area contributed by atoms with Gasteiger partial charge in [0.1, 0.15) is 6.54 Å². The summed E-state index contributed by atoms with van der Waals surface area (Å²) in [6.07, 6.45) is 0. The van der Waals surface area contributed by atoms with Crippen molar-refractivity contribution in [2.24, 2.45) is 0 Å². The number of piperazine rings is 1. The van der Waals surface area contributed by atoms with Crippen LogP contribution in [-0.2, 0) is 16.1 Å². The van der Waals surface area contributed by atoms with Gasteiger partial charge in [-0.2, -0.15) is 5.10 Å². The SMILES string of the molecule is Cc1ccc(-c2n[nH]c(=S)n2CC(=O)NCC(=O)N2CCN(c3ccccc3)CC2)cc1. The molecule has 4 rings (SSSR count). The Bertz CT molecular complexity index is 1130. The number of para-hydroxylation sites is 1. The maximum atomic E-state index is 12.6. The van der Waals surface area contributed by atoms with Crippen LogP contribution in [0.15, 0.2) is 54.6 Å². The van der Waals surface area contributed by atoms with Gasteiger partial charge in [0.15, 0.2) is 10.6 Å². The highest BCUT2D eigenvalue weighted by atomic mass is 32.1. The first kappa shape index (κ1) is 21.8. The van der Waals surface area contributed by atoms with E-state index in [2.05, 4.69) is 32.5 Å². The first-order chi connectivity index (χ1) is 15.5. The zero-order chi connectivity index (χ0) is 22.5. The Balaban J connectivity index is 1.29. The Hall–Kier alpha value is -3.46. The van der Waals surface area contributed by atoms with Gasteiger partial charge in [0.2, 0.25) is 11.8 Å². The average molecular weight is 451 g/mol. The molecule has 0 saturated carbocycles. The van der Waals surface area contributed by atoms with Crippen LogP contribution >= 0.6 is 12.2 Å². The highest BCUT2D eigenvalue weighted by molar-refractivity contribution is 7.71. The van der Waals surface area contributed by atoms with E-state index in [0.29, 0.717) is 23.7 Å². The minimum atomic E-state index is -0.285. The minimum absolute atomic E-state index is 0.00634. The Morgan fingerprint density at radius 2 is 1.72 bits per heavy atom. The zero-order valence-corrected chi connectivity index (χ0v) is 18.8. The van der Waals surface area contributed by atoms with Crippen LogP contribution in [0.5, 0.6) is 0 Å². The molecule has 0 aliphatic carbocycles. The molecule has 9 heteroatoms. The van der Waals surface area contributed by atoms with Gasteiger partial charge in [-0.15, -0.1) is 0 Å². The van der Waals surface area contributed by atoms with Crippen LogP contribution in [0.1, 0.15) is 5.56 Å². The molecule has 2 amide bonds. The van der Waals surface area contributed by atoms with Crippen molar-refractivity contribution in [1.82, 2.24) is 25.0 Å². The Kier molecular flexibility index (Phi) is 6.65. The number of aromatic nitrogens is 3. The van der Waals surface area contributed by atoms with Gasteiger partial charge < -0.3 is 15.1 Å². The third-order valence-electron chi connectivity index (χ3n) is 5.56. The fourth-order valence-electron chi connectivity index (χ4n) is 3.73. The minimum Gasteiger partial charge on any atom is -0.368 e. The molecule has 2 aromatic carbocycles. The number of carbonyl (C=O) groups excluding carboxylic acids is 2. The summed E-state index contributed by atoms with van der Waals surface area (Å²) in [4.78, 5) is 29.2. The molecule has 0 atom stereocenters. The summed E-state index contributed by atoms with van der Waals surface area (Å²) in [5.74, 6) is 0.223. The Morgan fingerprint density at radius 3 is 2.41 bits per heavy atom. The first-order valence-corrected chi connectivity index (χ1v) is 11.0. The molecule has 2 heterocycles. The lowest BCUT2D eigenvalue weighted by molar-refractivity contribution is -0.133.